The van der Waals surface area contributed by atoms with Crippen LogP contribution in [-0.2, 0) is 11.2 Å². The number of amides is 1. The van der Waals surface area contributed by atoms with Crippen LogP contribution in [0.4, 0.5) is 5.69 Å². The highest BCUT2D eigenvalue weighted by Gasteiger charge is 2.24. The summed E-state index contributed by atoms with van der Waals surface area (Å²) in [6.45, 7) is 0. The van der Waals surface area contributed by atoms with E-state index < -0.39 is 0 Å². The van der Waals surface area contributed by atoms with Crippen LogP contribution in [0.25, 0.3) is 6.08 Å². The number of thioether (sulfide) groups is 1. The second kappa shape index (κ2) is 8.15. The number of hydrogen-bond acceptors (Lipinski definition) is 4. The third-order valence-electron chi connectivity index (χ3n) is 4.27. The summed E-state index contributed by atoms with van der Waals surface area (Å²) in [5, 5.41) is 13.5. The topological polar surface area (TPSA) is 61.7 Å². The van der Waals surface area contributed by atoms with Crippen molar-refractivity contribution >= 4 is 34.6 Å². The molecule has 0 radical (unpaired) electrons. The number of aromatic hydroxyl groups is 1. The van der Waals surface area contributed by atoms with Crippen molar-refractivity contribution in [1.82, 2.24) is 5.32 Å². The number of aliphatic imine (C=N–C) groups is 1. The van der Waals surface area contributed by atoms with E-state index in [9.17, 15) is 9.90 Å². The first-order chi connectivity index (χ1) is 13.7. The van der Waals surface area contributed by atoms with Crippen molar-refractivity contribution in [3.63, 3.8) is 0 Å². The predicted octanol–water partition coefficient (Wildman–Crippen LogP) is 4.87. The van der Waals surface area contributed by atoms with Gasteiger partial charge in [0.1, 0.15) is 5.75 Å². The first-order valence-corrected chi connectivity index (χ1v) is 9.69. The Morgan fingerprint density at radius 3 is 2.39 bits per heavy atom. The highest BCUT2D eigenvalue weighted by Crippen LogP contribution is 2.31. The summed E-state index contributed by atoms with van der Waals surface area (Å²) in [7, 11) is 0. The molecule has 138 valence electrons. The minimum Gasteiger partial charge on any atom is -0.507 e. The van der Waals surface area contributed by atoms with Crippen LogP contribution < -0.4 is 5.32 Å². The number of nitrogens with one attached hydrogen (secondary N) is 1. The number of hydrogen-bond donors (Lipinski definition) is 2. The fraction of sp³-hybridized carbons (Fsp3) is 0.0435. The number of amidine groups is 1. The van der Waals surface area contributed by atoms with Gasteiger partial charge < -0.3 is 10.4 Å². The number of carbonyl (C=O) groups excluding carboxylic acids is 1. The average molecular weight is 386 g/mol. The van der Waals surface area contributed by atoms with Crippen molar-refractivity contribution in [3.8, 4) is 5.75 Å². The quantitative estimate of drug-likeness (QED) is 0.629. The van der Waals surface area contributed by atoms with E-state index in [0.717, 1.165) is 17.7 Å². The Balaban J connectivity index is 1.57. The van der Waals surface area contributed by atoms with E-state index in [1.54, 1.807) is 12.1 Å². The number of nitrogens with zero attached hydrogens (tertiary/aromatic N) is 1. The Kier molecular flexibility index (Phi) is 5.26. The second-order valence-electron chi connectivity index (χ2n) is 6.37. The molecule has 4 nitrogen and oxygen atoms in total. The number of benzene rings is 3. The first-order valence-electron chi connectivity index (χ1n) is 8.88. The van der Waals surface area contributed by atoms with Gasteiger partial charge in [-0.1, -0.05) is 54.6 Å². The number of para-hydroxylation sites is 1. The molecule has 1 aliphatic heterocycles. The Morgan fingerprint density at radius 2 is 1.64 bits per heavy atom. The van der Waals surface area contributed by atoms with E-state index >= 15 is 0 Å². The van der Waals surface area contributed by atoms with Gasteiger partial charge in [-0.3, -0.25) is 4.79 Å². The normalized spacial score (nSPS) is 16.5. The zero-order chi connectivity index (χ0) is 19.3. The van der Waals surface area contributed by atoms with Gasteiger partial charge in [0.05, 0.1) is 10.6 Å². The van der Waals surface area contributed by atoms with E-state index in [1.807, 2.05) is 60.7 Å². The van der Waals surface area contributed by atoms with Crippen molar-refractivity contribution in [1.29, 1.82) is 0 Å². The van der Waals surface area contributed by atoms with Crippen molar-refractivity contribution in [2.45, 2.75) is 6.42 Å². The minimum atomic E-state index is -0.215. The third-order valence-corrected chi connectivity index (χ3v) is 5.18. The second-order valence-corrected chi connectivity index (χ2v) is 7.40. The summed E-state index contributed by atoms with van der Waals surface area (Å²) >= 11 is 1.27. The lowest BCUT2D eigenvalue weighted by molar-refractivity contribution is -0.115. The SMILES string of the molecule is O=C1NC(=Nc2ccccc2)SC1=Cc1cc(Cc2ccccc2)ccc1O. The van der Waals surface area contributed by atoms with E-state index in [-0.39, 0.29) is 11.7 Å². The summed E-state index contributed by atoms with van der Waals surface area (Å²) in [5.74, 6) is -0.0706. The molecule has 3 aromatic carbocycles. The van der Waals surface area contributed by atoms with Crippen LogP contribution >= 0.6 is 11.8 Å². The van der Waals surface area contributed by atoms with Crippen LogP contribution in [0.1, 0.15) is 16.7 Å². The number of phenolic OH excluding ortho intramolecular Hbond substituents is 1. The molecule has 1 fully saturated rings. The summed E-state index contributed by atoms with van der Waals surface area (Å²) in [6.07, 6.45) is 2.47. The van der Waals surface area contributed by atoms with Crippen molar-refractivity contribution < 1.29 is 9.90 Å². The van der Waals surface area contributed by atoms with Crippen LogP contribution in [0, 0.1) is 0 Å². The molecule has 3 aromatic rings. The molecule has 0 aliphatic carbocycles. The van der Waals surface area contributed by atoms with Gasteiger partial charge in [-0.2, -0.15) is 0 Å². The Morgan fingerprint density at radius 1 is 0.929 bits per heavy atom. The summed E-state index contributed by atoms with van der Waals surface area (Å²) in [4.78, 5) is 17.2. The maximum atomic E-state index is 12.3. The molecule has 1 saturated heterocycles. The smallest absolute Gasteiger partial charge is 0.264 e. The lowest BCUT2D eigenvalue weighted by atomic mass is 10.0. The van der Waals surface area contributed by atoms with E-state index in [0.29, 0.717) is 15.6 Å². The van der Waals surface area contributed by atoms with Crippen molar-refractivity contribution in [3.05, 3.63) is 100 Å². The summed E-state index contributed by atoms with van der Waals surface area (Å²) < 4.78 is 0. The lowest BCUT2D eigenvalue weighted by Crippen LogP contribution is -2.19. The molecular formula is C23H18N2O2S. The molecule has 4 rings (SSSR count). The van der Waals surface area contributed by atoms with Gasteiger partial charge >= 0.3 is 0 Å². The number of carbonyl (C=O) groups is 1. The van der Waals surface area contributed by atoms with E-state index in [2.05, 4.69) is 22.4 Å². The standard InChI is InChI=1S/C23H18N2O2S/c26-20-12-11-17(13-16-7-3-1-4-8-16)14-18(20)15-21-22(27)25-23(28-21)24-19-9-5-2-6-10-19/h1-12,14-15,26H,13H2,(H,24,25,27). The predicted molar refractivity (Wildman–Crippen MR) is 115 cm³/mol. The van der Waals surface area contributed by atoms with E-state index in [1.165, 1.54) is 17.3 Å². The Bertz CT molecular complexity index is 1060. The molecule has 0 aromatic heterocycles. The molecule has 1 aliphatic rings. The van der Waals surface area contributed by atoms with Gasteiger partial charge in [0.15, 0.2) is 5.17 Å². The van der Waals surface area contributed by atoms with Gasteiger partial charge in [0, 0.05) is 5.56 Å². The van der Waals surface area contributed by atoms with Gasteiger partial charge in [0.25, 0.3) is 5.91 Å². The Hall–Kier alpha value is -3.31. The van der Waals surface area contributed by atoms with Crippen LogP contribution in [-0.4, -0.2) is 16.2 Å². The molecule has 1 amide bonds. The highest BCUT2D eigenvalue weighted by atomic mass is 32.2. The molecule has 28 heavy (non-hydrogen) atoms. The van der Waals surface area contributed by atoms with Crippen LogP contribution in [0.5, 0.6) is 5.75 Å². The van der Waals surface area contributed by atoms with Gasteiger partial charge in [0.2, 0.25) is 0 Å². The largest absolute Gasteiger partial charge is 0.507 e. The molecule has 0 bridgehead atoms. The van der Waals surface area contributed by atoms with Crippen LogP contribution in [0.3, 0.4) is 0 Å². The van der Waals surface area contributed by atoms with E-state index in [4.69, 9.17) is 0 Å². The van der Waals surface area contributed by atoms with Crippen molar-refractivity contribution in [2.24, 2.45) is 4.99 Å². The highest BCUT2D eigenvalue weighted by molar-refractivity contribution is 8.18. The zero-order valence-corrected chi connectivity index (χ0v) is 15.8. The van der Waals surface area contributed by atoms with Crippen molar-refractivity contribution in [2.75, 3.05) is 0 Å². The average Bonchev–Trinajstić information content (AvgIpc) is 3.05. The van der Waals surface area contributed by atoms with Crippen LogP contribution in [0.2, 0.25) is 0 Å². The number of phenols is 1. The first kappa shape index (κ1) is 18.1. The molecule has 0 saturated carbocycles. The lowest BCUT2D eigenvalue weighted by Gasteiger charge is -2.06. The Labute approximate surface area is 167 Å². The van der Waals surface area contributed by atoms with Gasteiger partial charge in [-0.05, 0) is 59.7 Å². The third kappa shape index (κ3) is 4.32. The summed E-state index contributed by atoms with van der Waals surface area (Å²) in [5.41, 5.74) is 3.65. The fourth-order valence-electron chi connectivity index (χ4n) is 2.90. The molecule has 0 spiro atoms. The fourth-order valence-corrected chi connectivity index (χ4v) is 3.74. The zero-order valence-electron chi connectivity index (χ0n) is 15.0. The minimum absolute atomic E-state index is 0.145. The summed E-state index contributed by atoms with van der Waals surface area (Å²) in [6, 6.07) is 25.1. The maximum Gasteiger partial charge on any atom is 0.264 e. The molecule has 1 heterocycles. The number of rotatable bonds is 4. The molecule has 0 atom stereocenters. The van der Waals surface area contributed by atoms with Gasteiger partial charge in [-0.15, -0.1) is 0 Å². The molecular weight excluding hydrogens is 368 g/mol. The monoisotopic (exact) mass is 386 g/mol. The molecule has 5 heteroatoms. The van der Waals surface area contributed by atoms with Crippen LogP contribution in [0.15, 0.2) is 88.8 Å². The maximum absolute atomic E-state index is 12.3. The molecule has 0 unspecified atom stereocenters. The molecule has 2 N–H and O–H groups in total. The van der Waals surface area contributed by atoms with Gasteiger partial charge in [-0.25, -0.2) is 4.99 Å².